The maximum absolute atomic E-state index is 11.0. The lowest BCUT2D eigenvalue weighted by Crippen LogP contribution is -2.37. The summed E-state index contributed by atoms with van der Waals surface area (Å²) in [5, 5.41) is 3.43. The van der Waals surface area contributed by atoms with Crippen molar-refractivity contribution in [2.45, 2.75) is 38.6 Å². The Morgan fingerprint density at radius 1 is 1.42 bits per heavy atom. The zero-order valence-electron chi connectivity index (χ0n) is 7.48. The van der Waals surface area contributed by atoms with Crippen LogP contribution in [0.5, 0.6) is 0 Å². The van der Waals surface area contributed by atoms with Gasteiger partial charge in [-0.2, -0.15) is 0 Å². The first-order chi connectivity index (χ1) is 5.72. The number of amides is 1. The number of rotatable bonds is 2. The number of halogens is 1. The molecule has 1 aliphatic carbocycles. The van der Waals surface area contributed by atoms with E-state index in [2.05, 4.69) is 28.2 Å². The van der Waals surface area contributed by atoms with Crippen LogP contribution in [0, 0.1) is 5.92 Å². The van der Waals surface area contributed by atoms with Crippen LogP contribution in [0.3, 0.4) is 0 Å². The van der Waals surface area contributed by atoms with Crippen molar-refractivity contribution in [3.63, 3.8) is 0 Å². The van der Waals surface area contributed by atoms with Crippen LogP contribution in [0.15, 0.2) is 0 Å². The minimum absolute atomic E-state index is 0.120. The Bertz CT molecular complexity index is 153. The summed E-state index contributed by atoms with van der Waals surface area (Å²) < 4.78 is 0. The molecule has 0 radical (unpaired) electrons. The van der Waals surface area contributed by atoms with Crippen LogP contribution in [0.1, 0.15) is 32.6 Å². The van der Waals surface area contributed by atoms with E-state index in [1.54, 1.807) is 0 Å². The van der Waals surface area contributed by atoms with Crippen LogP contribution in [0.25, 0.3) is 0 Å². The first-order valence-corrected chi connectivity index (χ1v) is 5.70. The second-order valence-corrected chi connectivity index (χ2v) is 4.22. The van der Waals surface area contributed by atoms with Crippen molar-refractivity contribution in [3.05, 3.63) is 0 Å². The molecule has 0 aliphatic heterocycles. The first kappa shape index (κ1) is 10.0. The molecule has 1 aliphatic rings. The molecule has 0 bridgehead atoms. The lowest BCUT2D eigenvalue weighted by molar-refractivity contribution is -0.119. The Kier molecular flexibility index (Phi) is 4.06. The normalized spacial score (nSPS) is 29.8. The van der Waals surface area contributed by atoms with Gasteiger partial charge in [-0.1, -0.05) is 22.9 Å². The lowest BCUT2D eigenvalue weighted by atomic mass is 9.87. The Morgan fingerprint density at radius 2 is 2.00 bits per heavy atom. The Morgan fingerprint density at radius 3 is 2.50 bits per heavy atom. The van der Waals surface area contributed by atoms with Gasteiger partial charge in [-0.15, -0.1) is 0 Å². The van der Waals surface area contributed by atoms with Crippen LogP contribution < -0.4 is 5.32 Å². The molecule has 0 aromatic carbocycles. The summed E-state index contributed by atoms with van der Waals surface area (Å²) in [5.74, 6) is 0.969. The molecule has 1 rings (SSSR count). The zero-order chi connectivity index (χ0) is 8.97. The maximum atomic E-state index is 11.0. The number of carbonyl (C=O) groups is 1. The molecule has 0 spiro atoms. The van der Waals surface area contributed by atoms with Crippen LogP contribution in [-0.4, -0.2) is 17.3 Å². The summed E-state index contributed by atoms with van der Waals surface area (Å²) in [5.41, 5.74) is 0. The molecular formula is C9H16BrNO. The monoisotopic (exact) mass is 233 g/mol. The summed E-state index contributed by atoms with van der Waals surface area (Å²) >= 11 is 3.14. The fourth-order valence-corrected chi connectivity index (χ4v) is 1.83. The minimum atomic E-state index is 0.120. The summed E-state index contributed by atoms with van der Waals surface area (Å²) in [4.78, 5) is 11.0. The molecule has 1 amide bonds. The molecule has 3 heteroatoms. The average Bonchev–Trinajstić information content (AvgIpc) is 2.09. The second-order valence-electron chi connectivity index (χ2n) is 3.66. The van der Waals surface area contributed by atoms with Crippen LogP contribution in [0.4, 0.5) is 0 Å². The average molecular weight is 234 g/mol. The van der Waals surface area contributed by atoms with E-state index in [9.17, 15) is 4.79 Å². The number of hydrogen-bond acceptors (Lipinski definition) is 1. The highest BCUT2D eigenvalue weighted by Crippen LogP contribution is 2.23. The zero-order valence-corrected chi connectivity index (χ0v) is 9.06. The summed E-state index contributed by atoms with van der Waals surface area (Å²) in [6.07, 6.45) is 4.82. The number of nitrogens with one attached hydrogen (secondary N) is 1. The fourth-order valence-electron chi connectivity index (χ4n) is 1.67. The predicted molar refractivity (Wildman–Crippen MR) is 53.4 cm³/mol. The predicted octanol–water partition coefficient (Wildman–Crippen LogP) is 2.08. The van der Waals surface area contributed by atoms with E-state index in [1.165, 1.54) is 12.8 Å². The molecule has 0 unspecified atom stereocenters. The van der Waals surface area contributed by atoms with E-state index in [0.717, 1.165) is 18.8 Å². The van der Waals surface area contributed by atoms with E-state index in [4.69, 9.17) is 0 Å². The van der Waals surface area contributed by atoms with Crippen LogP contribution >= 0.6 is 15.9 Å². The van der Waals surface area contributed by atoms with Gasteiger partial charge in [0.15, 0.2) is 0 Å². The third-order valence-corrected chi connectivity index (χ3v) is 3.01. The smallest absolute Gasteiger partial charge is 0.230 e. The molecular weight excluding hydrogens is 218 g/mol. The SMILES string of the molecule is CC1CCC(NC(=O)CBr)CC1. The molecule has 70 valence electrons. The van der Waals surface area contributed by atoms with E-state index in [0.29, 0.717) is 11.4 Å². The molecule has 0 heterocycles. The highest BCUT2D eigenvalue weighted by Gasteiger charge is 2.18. The molecule has 0 aromatic heterocycles. The first-order valence-electron chi connectivity index (χ1n) is 4.57. The lowest BCUT2D eigenvalue weighted by Gasteiger charge is -2.26. The van der Waals surface area contributed by atoms with Crippen LogP contribution in [-0.2, 0) is 4.79 Å². The fraction of sp³-hybridized carbons (Fsp3) is 0.889. The van der Waals surface area contributed by atoms with E-state index in [-0.39, 0.29) is 5.91 Å². The van der Waals surface area contributed by atoms with Gasteiger partial charge in [0.05, 0.1) is 5.33 Å². The van der Waals surface area contributed by atoms with Gasteiger partial charge in [-0.25, -0.2) is 0 Å². The summed E-state index contributed by atoms with van der Waals surface area (Å²) in [6.45, 7) is 2.28. The van der Waals surface area contributed by atoms with Gasteiger partial charge < -0.3 is 5.32 Å². The molecule has 0 saturated heterocycles. The van der Waals surface area contributed by atoms with Gasteiger partial charge in [0.2, 0.25) is 5.91 Å². The highest BCUT2D eigenvalue weighted by molar-refractivity contribution is 9.09. The van der Waals surface area contributed by atoms with Gasteiger partial charge in [-0.3, -0.25) is 4.79 Å². The van der Waals surface area contributed by atoms with Crippen LogP contribution in [0.2, 0.25) is 0 Å². The van der Waals surface area contributed by atoms with Crippen molar-refractivity contribution < 1.29 is 4.79 Å². The van der Waals surface area contributed by atoms with Gasteiger partial charge in [-0.05, 0) is 31.6 Å². The maximum Gasteiger partial charge on any atom is 0.230 e. The highest BCUT2D eigenvalue weighted by atomic mass is 79.9. The minimum Gasteiger partial charge on any atom is -0.353 e. The molecule has 1 fully saturated rings. The molecule has 1 saturated carbocycles. The van der Waals surface area contributed by atoms with Crippen molar-refractivity contribution in [3.8, 4) is 0 Å². The molecule has 0 aromatic rings. The second kappa shape index (κ2) is 4.85. The van der Waals surface area contributed by atoms with E-state index in [1.807, 2.05) is 0 Å². The van der Waals surface area contributed by atoms with E-state index >= 15 is 0 Å². The quantitative estimate of drug-likeness (QED) is 0.728. The Labute approximate surface area is 82.2 Å². The number of carbonyl (C=O) groups excluding carboxylic acids is 1. The van der Waals surface area contributed by atoms with Gasteiger partial charge in [0.25, 0.3) is 0 Å². The van der Waals surface area contributed by atoms with Gasteiger partial charge >= 0.3 is 0 Å². The van der Waals surface area contributed by atoms with E-state index < -0.39 is 0 Å². The molecule has 1 N–H and O–H groups in total. The Hall–Kier alpha value is -0.0500. The van der Waals surface area contributed by atoms with Crippen molar-refractivity contribution in [2.75, 3.05) is 5.33 Å². The summed E-state index contributed by atoms with van der Waals surface area (Å²) in [7, 11) is 0. The van der Waals surface area contributed by atoms with Gasteiger partial charge in [0, 0.05) is 6.04 Å². The van der Waals surface area contributed by atoms with Crippen molar-refractivity contribution >= 4 is 21.8 Å². The topological polar surface area (TPSA) is 29.1 Å². The summed E-state index contributed by atoms with van der Waals surface area (Å²) in [6, 6.07) is 0.436. The largest absolute Gasteiger partial charge is 0.353 e. The molecule has 2 nitrogen and oxygen atoms in total. The molecule has 0 atom stereocenters. The number of hydrogen-bond donors (Lipinski definition) is 1. The molecule has 12 heavy (non-hydrogen) atoms. The standard InChI is InChI=1S/C9H16BrNO/c1-7-2-4-8(5-3-7)11-9(12)6-10/h7-8H,2-6H2,1H3,(H,11,12). The number of alkyl halides is 1. The van der Waals surface area contributed by atoms with Gasteiger partial charge in [0.1, 0.15) is 0 Å². The third-order valence-electron chi connectivity index (χ3n) is 2.50. The Balaban J connectivity index is 2.21. The van der Waals surface area contributed by atoms with Crippen molar-refractivity contribution in [1.29, 1.82) is 0 Å². The van der Waals surface area contributed by atoms with Crippen molar-refractivity contribution in [1.82, 2.24) is 5.32 Å². The van der Waals surface area contributed by atoms with Crippen molar-refractivity contribution in [2.24, 2.45) is 5.92 Å². The third kappa shape index (κ3) is 3.13.